The van der Waals surface area contributed by atoms with E-state index in [9.17, 15) is 10.1 Å². The van der Waals surface area contributed by atoms with E-state index >= 15 is 0 Å². The zero-order valence-electron chi connectivity index (χ0n) is 9.41. The molecule has 0 saturated heterocycles. The van der Waals surface area contributed by atoms with Gasteiger partial charge < -0.3 is 0 Å². The highest BCUT2D eigenvalue weighted by Crippen LogP contribution is 2.27. The molecule has 2 rings (SSSR count). The third-order valence-electron chi connectivity index (χ3n) is 2.38. The van der Waals surface area contributed by atoms with Gasteiger partial charge >= 0.3 is 0 Å². The van der Waals surface area contributed by atoms with E-state index < -0.39 is 4.92 Å². The van der Waals surface area contributed by atoms with Gasteiger partial charge in [-0.2, -0.15) is 5.10 Å². The van der Waals surface area contributed by atoms with Gasteiger partial charge in [0.1, 0.15) is 5.69 Å². The first-order chi connectivity index (χ1) is 8.61. The molecule has 18 heavy (non-hydrogen) atoms. The largest absolute Gasteiger partial charge is 0.269 e. The van der Waals surface area contributed by atoms with Gasteiger partial charge in [-0.3, -0.25) is 14.8 Å². The van der Waals surface area contributed by atoms with Crippen LogP contribution in [0.3, 0.4) is 0 Å². The van der Waals surface area contributed by atoms with Crippen molar-refractivity contribution in [3.05, 3.63) is 57.7 Å². The Balaban J connectivity index is 2.36. The predicted molar refractivity (Wildman–Crippen MR) is 72.2 cm³/mol. The van der Waals surface area contributed by atoms with Gasteiger partial charge in [-0.1, -0.05) is 6.08 Å². The molecule has 1 aromatic heterocycles. The minimum atomic E-state index is -0.421. The zero-order chi connectivity index (χ0) is 13.1. The van der Waals surface area contributed by atoms with Crippen molar-refractivity contribution in [1.82, 2.24) is 9.78 Å². The molecule has 0 N–H and O–H groups in total. The van der Waals surface area contributed by atoms with E-state index in [1.807, 2.05) is 6.20 Å². The first kappa shape index (κ1) is 12.5. The Morgan fingerprint density at radius 3 is 2.67 bits per heavy atom. The number of aromatic nitrogens is 2. The second kappa shape index (κ2) is 5.14. The average molecular weight is 308 g/mol. The van der Waals surface area contributed by atoms with Gasteiger partial charge in [0.25, 0.3) is 5.69 Å². The van der Waals surface area contributed by atoms with Crippen molar-refractivity contribution in [2.24, 2.45) is 0 Å². The summed E-state index contributed by atoms with van der Waals surface area (Å²) in [5.41, 5.74) is 1.66. The maximum Gasteiger partial charge on any atom is 0.269 e. The van der Waals surface area contributed by atoms with E-state index in [1.54, 1.807) is 22.9 Å². The molecule has 0 atom stereocenters. The molecule has 0 aliphatic rings. The normalized spacial score (nSPS) is 10.3. The summed E-state index contributed by atoms with van der Waals surface area (Å²) in [7, 11) is 0. The van der Waals surface area contributed by atoms with Gasteiger partial charge in [0, 0.05) is 23.9 Å². The number of rotatable bonds is 4. The Labute approximate surface area is 112 Å². The van der Waals surface area contributed by atoms with E-state index in [2.05, 4.69) is 27.6 Å². The molecule has 1 aromatic carbocycles. The molecule has 0 unspecified atom stereocenters. The molecular formula is C12H10BrN3O2. The third-order valence-corrected chi connectivity index (χ3v) is 2.97. The van der Waals surface area contributed by atoms with Gasteiger partial charge in [0.05, 0.1) is 15.9 Å². The number of hydrogen-bond donors (Lipinski definition) is 0. The van der Waals surface area contributed by atoms with Crippen LogP contribution < -0.4 is 0 Å². The molecule has 0 spiro atoms. The van der Waals surface area contributed by atoms with Crippen LogP contribution in [0.25, 0.3) is 11.3 Å². The lowest BCUT2D eigenvalue weighted by Gasteiger charge is -1.98. The van der Waals surface area contributed by atoms with Gasteiger partial charge in [0.2, 0.25) is 0 Å². The van der Waals surface area contributed by atoms with E-state index in [0.717, 1.165) is 15.7 Å². The van der Waals surface area contributed by atoms with Gasteiger partial charge in [-0.05, 0) is 28.1 Å². The minimum Gasteiger partial charge on any atom is -0.267 e. The van der Waals surface area contributed by atoms with Crippen LogP contribution in [0.2, 0.25) is 0 Å². The topological polar surface area (TPSA) is 61.0 Å². The lowest BCUT2D eigenvalue weighted by molar-refractivity contribution is -0.384. The first-order valence-corrected chi connectivity index (χ1v) is 6.00. The van der Waals surface area contributed by atoms with Crippen molar-refractivity contribution in [2.45, 2.75) is 6.54 Å². The Bertz CT molecular complexity index is 590. The van der Waals surface area contributed by atoms with Crippen molar-refractivity contribution in [2.75, 3.05) is 0 Å². The number of nitro benzene ring substituents is 1. The molecule has 0 aliphatic heterocycles. The summed E-state index contributed by atoms with van der Waals surface area (Å²) in [6.07, 6.45) is 3.59. The van der Waals surface area contributed by atoms with Gasteiger partial charge in [-0.25, -0.2) is 0 Å². The predicted octanol–water partition coefficient (Wildman–Crippen LogP) is 3.41. The molecule has 0 radical (unpaired) electrons. The van der Waals surface area contributed by atoms with Crippen LogP contribution in [0.5, 0.6) is 0 Å². The van der Waals surface area contributed by atoms with E-state index in [-0.39, 0.29) is 5.69 Å². The fourth-order valence-corrected chi connectivity index (χ4v) is 2.10. The summed E-state index contributed by atoms with van der Waals surface area (Å²) < 4.78 is 2.59. The molecule has 2 aromatic rings. The number of hydrogen-bond acceptors (Lipinski definition) is 3. The highest BCUT2D eigenvalue weighted by atomic mass is 79.9. The van der Waals surface area contributed by atoms with Crippen LogP contribution in [0.15, 0.2) is 47.6 Å². The Morgan fingerprint density at radius 1 is 1.44 bits per heavy atom. The highest BCUT2D eigenvalue weighted by molar-refractivity contribution is 9.10. The maximum atomic E-state index is 10.6. The fourth-order valence-electron chi connectivity index (χ4n) is 1.56. The summed E-state index contributed by atoms with van der Waals surface area (Å²) in [6, 6.07) is 6.30. The minimum absolute atomic E-state index is 0.0698. The number of nitrogens with zero attached hydrogens (tertiary/aromatic N) is 3. The molecule has 92 valence electrons. The summed E-state index contributed by atoms with van der Waals surface area (Å²) >= 11 is 3.42. The summed E-state index contributed by atoms with van der Waals surface area (Å²) in [4.78, 5) is 10.1. The summed E-state index contributed by atoms with van der Waals surface area (Å²) in [6.45, 7) is 4.26. The second-order valence-electron chi connectivity index (χ2n) is 3.64. The van der Waals surface area contributed by atoms with Crippen molar-refractivity contribution < 1.29 is 4.92 Å². The SMILES string of the molecule is C=CCn1cc(Br)c(-c2ccc([N+](=O)[O-])cc2)n1. The molecule has 0 bridgehead atoms. The van der Waals surface area contributed by atoms with Crippen LogP contribution in [-0.4, -0.2) is 14.7 Å². The van der Waals surface area contributed by atoms with Gasteiger partial charge in [0.15, 0.2) is 0 Å². The molecule has 6 heteroatoms. The van der Waals surface area contributed by atoms with Crippen LogP contribution in [0.1, 0.15) is 0 Å². The van der Waals surface area contributed by atoms with E-state index in [0.29, 0.717) is 6.54 Å². The Kier molecular flexibility index (Phi) is 3.57. The van der Waals surface area contributed by atoms with Crippen molar-refractivity contribution >= 4 is 21.6 Å². The van der Waals surface area contributed by atoms with Gasteiger partial charge in [-0.15, -0.1) is 6.58 Å². The number of allylic oxidation sites excluding steroid dienone is 1. The first-order valence-electron chi connectivity index (χ1n) is 5.20. The third kappa shape index (κ3) is 2.48. The van der Waals surface area contributed by atoms with Crippen molar-refractivity contribution in [3.63, 3.8) is 0 Å². The molecule has 1 heterocycles. The smallest absolute Gasteiger partial charge is 0.267 e. The lowest BCUT2D eigenvalue weighted by atomic mass is 10.1. The van der Waals surface area contributed by atoms with E-state index in [4.69, 9.17) is 0 Å². The van der Waals surface area contributed by atoms with Crippen LogP contribution in [-0.2, 0) is 6.54 Å². The fraction of sp³-hybridized carbons (Fsp3) is 0.0833. The number of benzene rings is 1. The monoisotopic (exact) mass is 307 g/mol. The van der Waals surface area contributed by atoms with Crippen LogP contribution >= 0.6 is 15.9 Å². The Hall–Kier alpha value is -1.95. The number of non-ortho nitro benzene ring substituents is 1. The molecule has 0 amide bonds. The Morgan fingerprint density at radius 2 is 2.11 bits per heavy atom. The maximum absolute atomic E-state index is 10.6. The van der Waals surface area contributed by atoms with E-state index in [1.165, 1.54) is 12.1 Å². The molecule has 5 nitrogen and oxygen atoms in total. The summed E-state index contributed by atoms with van der Waals surface area (Å²) in [5, 5.41) is 14.9. The second-order valence-corrected chi connectivity index (χ2v) is 4.49. The average Bonchev–Trinajstić information content (AvgIpc) is 2.71. The number of halogens is 1. The lowest BCUT2D eigenvalue weighted by Crippen LogP contribution is -1.95. The van der Waals surface area contributed by atoms with Crippen LogP contribution in [0.4, 0.5) is 5.69 Å². The summed E-state index contributed by atoms with van der Waals surface area (Å²) in [5.74, 6) is 0. The standard InChI is InChI=1S/C12H10BrN3O2/c1-2-7-15-8-11(13)12(14-15)9-3-5-10(6-4-9)16(17)18/h2-6,8H,1,7H2. The molecule has 0 saturated carbocycles. The molecular weight excluding hydrogens is 298 g/mol. The van der Waals surface area contributed by atoms with Crippen molar-refractivity contribution in [1.29, 1.82) is 0 Å². The molecule has 0 aliphatic carbocycles. The quantitative estimate of drug-likeness (QED) is 0.494. The highest BCUT2D eigenvalue weighted by Gasteiger charge is 2.10. The number of nitro groups is 1. The van der Waals surface area contributed by atoms with Crippen LogP contribution in [0, 0.1) is 10.1 Å². The molecule has 0 fully saturated rings. The van der Waals surface area contributed by atoms with Crippen molar-refractivity contribution in [3.8, 4) is 11.3 Å². The zero-order valence-corrected chi connectivity index (χ0v) is 11.0.